The Bertz CT molecular complexity index is 1130. The van der Waals surface area contributed by atoms with Crippen LogP contribution in [0.25, 0.3) is 0 Å². The lowest BCUT2D eigenvalue weighted by molar-refractivity contribution is -0.315. The van der Waals surface area contributed by atoms with E-state index in [-0.39, 0.29) is 25.6 Å². The van der Waals surface area contributed by atoms with Crippen LogP contribution in [-0.2, 0) is 52.2 Å². The lowest BCUT2D eigenvalue weighted by atomic mass is 9.89. The average molecular weight is 687 g/mol. The molecule has 4 aliphatic rings. The summed E-state index contributed by atoms with van der Waals surface area (Å²) in [6, 6.07) is 0. The van der Waals surface area contributed by atoms with Gasteiger partial charge in [0.05, 0.1) is 37.1 Å². The Hall–Kier alpha value is -1.82. The van der Waals surface area contributed by atoms with E-state index in [9.17, 15) is 24.9 Å². The molecule has 4 aliphatic heterocycles. The normalized spacial score (nSPS) is 47.5. The number of aliphatic hydroxyl groups is 3. The molecule has 0 aromatic carbocycles. The van der Waals surface area contributed by atoms with Crippen LogP contribution >= 0.6 is 0 Å². The van der Waals surface area contributed by atoms with Gasteiger partial charge in [-0.05, 0) is 52.7 Å². The fraction of sp³-hybridized carbons (Fsp3) is 0.824. The summed E-state index contributed by atoms with van der Waals surface area (Å²) >= 11 is 0. The molecule has 0 aromatic heterocycles. The number of epoxide rings is 1. The molecule has 3 fully saturated rings. The zero-order valence-electron chi connectivity index (χ0n) is 29.1. The minimum atomic E-state index is -1.73. The number of rotatable bonds is 8. The molecule has 0 amide bonds. The van der Waals surface area contributed by atoms with Crippen LogP contribution in [0.1, 0.15) is 53.9 Å². The van der Waals surface area contributed by atoms with Crippen molar-refractivity contribution in [3.8, 4) is 0 Å². The Morgan fingerprint density at radius 1 is 0.854 bits per heavy atom. The van der Waals surface area contributed by atoms with Gasteiger partial charge in [-0.1, -0.05) is 13.0 Å². The molecular formula is C34H54O14. The number of cyclic esters (lactones) is 1. The summed E-state index contributed by atoms with van der Waals surface area (Å²) in [5, 5.41) is 32.5. The summed E-state index contributed by atoms with van der Waals surface area (Å²) in [5.74, 6) is -2.00. The first-order valence-electron chi connectivity index (χ1n) is 16.7. The van der Waals surface area contributed by atoms with E-state index in [0.717, 1.165) is 0 Å². The maximum absolute atomic E-state index is 13.2. The highest BCUT2D eigenvalue weighted by molar-refractivity contribution is 5.96. The molecule has 4 heterocycles. The van der Waals surface area contributed by atoms with E-state index in [2.05, 4.69) is 0 Å². The first kappa shape index (κ1) is 39.0. The summed E-state index contributed by atoms with van der Waals surface area (Å²) in [4.78, 5) is 26.3. The molecular weight excluding hydrogens is 632 g/mol. The highest BCUT2D eigenvalue weighted by Gasteiger charge is 2.49. The van der Waals surface area contributed by atoms with Gasteiger partial charge in [-0.15, -0.1) is 0 Å². The first-order chi connectivity index (χ1) is 22.7. The van der Waals surface area contributed by atoms with Crippen molar-refractivity contribution in [3.05, 3.63) is 24.3 Å². The Morgan fingerprint density at radius 3 is 2.23 bits per heavy atom. The number of ketones is 1. The van der Waals surface area contributed by atoms with E-state index in [1.54, 1.807) is 26.0 Å². The number of ether oxygens (including phenoxy) is 9. The summed E-state index contributed by atoms with van der Waals surface area (Å²) in [7, 11) is 4.44. The SMILES string of the molecule is CO[C@@H]1[C@H](O)[C@@H](C)O[C@@H](OC2CCC(C)(O)C(=O)/C=C/C3OC3C(CO[C@@H]3O[C@H](C)C[C@H](OC)[C@H]3O)C(C)OC(=O)/C=C/C2C)[C@@H]1OC. The van der Waals surface area contributed by atoms with Crippen LogP contribution in [0.3, 0.4) is 0 Å². The third-order valence-corrected chi connectivity index (χ3v) is 9.85. The maximum Gasteiger partial charge on any atom is 0.330 e. The minimum absolute atomic E-state index is 0.0215. The monoisotopic (exact) mass is 686 g/mol. The van der Waals surface area contributed by atoms with Gasteiger partial charge in [-0.25, -0.2) is 4.79 Å². The van der Waals surface area contributed by atoms with Crippen molar-refractivity contribution in [2.24, 2.45) is 11.8 Å². The van der Waals surface area contributed by atoms with E-state index in [4.69, 9.17) is 42.6 Å². The number of aliphatic hydroxyl groups excluding tert-OH is 2. The molecule has 0 aliphatic carbocycles. The molecule has 0 saturated carbocycles. The van der Waals surface area contributed by atoms with Gasteiger partial charge in [-0.3, -0.25) is 4.79 Å². The molecule has 7 unspecified atom stereocenters. The predicted molar refractivity (Wildman–Crippen MR) is 169 cm³/mol. The van der Waals surface area contributed by atoms with Crippen molar-refractivity contribution in [2.75, 3.05) is 27.9 Å². The maximum atomic E-state index is 13.2. The number of carbonyl (C=O) groups excluding carboxylic acids is 2. The molecule has 48 heavy (non-hydrogen) atoms. The topological polar surface area (TPSA) is 181 Å². The summed E-state index contributed by atoms with van der Waals surface area (Å²) < 4.78 is 52.3. The fourth-order valence-corrected chi connectivity index (χ4v) is 6.53. The van der Waals surface area contributed by atoms with Crippen molar-refractivity contribution < 1.29 is 67.5 Å². The van der Waals surface area contributed by atoms with E-state index in [1.165, 1.54) is 40.4 Å². The summed E-state index contributed by atoms with van der Waals surface area (Å²) in [6.45, 7) is 8.58. The van der Waals surface area contributed by atoms with Crippen LogP contribution in [0, 0.1) is 11.8 Å². The van der Waals surface area contributed by atoms with Crippen molar-refractivity contribution in [1.29, 1.82) is 0 Å². The zero-order chi connectivity index (χ0) is 35.3. The van der Waals surface area contributed by atoms with Gasteiger partial charge < -0.3 is 58.0 Å². The number of methoxy groups -OCH3 is 3. The number of esters is 1. The van der Waals surface area contributed by atoms with Crippen molar-refractivity contribution in [2.45, 2.75) is 139 Å². The Morgan fingerprint density at radius 2 is 1.56 bits per heavy atom. The van der Waals surface area contributed by atoms with E-state index >= 15 is 0 Å². The molecule has 3 N–H and O–H groups in total. The summed E-state index contributed by atoms with van der Waals surface area (Å²) in [6.07, 6.45) is -2.34. The van der Waals surface area contributed by atoms with E-state index < -0.39 is 103 Å². The number of hydrogen-bond acceptors (Lipinski definition) is 14. The predicted octanol–water partition coefficient (Wildman–Crippen LogP) is 1.21. The van der Waals surface area contributed by atoms with Crippen molar-refractivity contribution in [3.63, 3.8) is 0 Å². The average Bonchev–Trinajstić information content (AvgIpc) is 3.81. The van der Waals surface area contributed by atoms with Crippen LogP contribution in [-0.4, -0.2) is 140 Å². The van der Waals surface area contributed by atoms with Crippen LogP contribution in [0.15, 0.2) is 24.3 Å². The summed E-state index contributed by atoms with van der Waals surface area (Å²) in [5.41, 5.74) is -1.73. The first-order valence-corrected chi connectivity index (χ1v) is 16.7. The Balaban J connectivity index is 1.53. The largest absolute Gasteiger partial charge is 0.459 e. The van der Waals surface area contributed by atoms with Crippen molar-refractivity contribution >= 4 is 11.8 Å². The van der Waals surface area contributed by atoms with Crippen LogP contribution in [0.4, 0.5) is 0 Å². The molecule has 0 bridgehead atoms. The Labute approximate surface area is 282 Å². The molecule has 0 spiro atoms. The van der Waals surface area contributed by atoms with Gasteiger partial charge in [0, 0.05) is 45.7 Å². The number of hydrogen-bond donors (Lipinski definition) is 3. The quantitative estimate of drug-likeness (QED) is 0.245. The lowest BCUT2D eigenvalue weighted by Crippen LogP contribution is -2.59. The standard InChI is InChI=1S/C34H54O14/c1-17-9-12-26(36)45-19(3)21(16-43-32-28(38)24(40-6)15-18(2)44-32)29-23(47-29)10-11-25(35)34(5,39)14-13-22(17)48-33-31(42-8)30(41-7)27(37)20(4)46-33/h9-12,17-24,27-33,37-39H,13-16H2,1-8H3/b11-10+,12-9+/t17?,18-,19?,20-,21?,22?,23?,24+,27-,28-,29?,30-,31-,32-,33+,34?/m1/s1. The molecule has 0 radical (unpaired) electrons. The Kier molecular flexibility index (Phi) is 13.7. The second kappa shape index (κ2) is 16.9. The molecule has 14 nitrogen and oxygen atoms in total. The van der Waals surface area contributed by atoms with Crippen LogP contribution < -0.4 is 0 Å². The van der Waals surface area contributed by atoms with Gasteiger partial charge >= 0.3 is 5.97 Å². The lowest BCUT2D eigenvalue weighted by Gasteiger charge is -2.43. The van der Waals surface area contributed by atoms with Crippen LogP contribution in [0.2, 0.25) is 0 Å². The zero-order valence-corrected chi connectivity index (χ0v) is 29.1. The smallest absolute Gasteiger partial charge is 0.330 e. The van der Waals surface area contributed by atoms with Crippen molar-refractivity contribution in [1.82, 2.24) is 0 Å². The van der Waals surface area contributed by atoms with E-state index in [1.807, 2.05) is 13.8 Å². The molecule has 3 saturated heterocycles. The van der Waals surface area contributed by atoms with Crippen LogP contribution in [0.5, 0.6) is 0 Å². The third-order valence-electron chi connectivity index (χ3n) is 9.85. The second-order valence-electron chi connectivity index (χ2n) is 13.5. The van der Waals surface area contributed by atoms with Gasteiger partial charge in [0.1, 0.15) is 42.2 Å². The molecule has 16 atom stereocenters. The van der Waals surface area contributed by atoms with Gasteiger partial charge in [0.15, 0.2) is 18.4 Å². The van der Waals surface area contributed by atoms with Gasteiger partial charge in [0.2, 0.25) is 0 Å². The van der Waals surface area contributed by atoms with Gasteiger partial charge in [-0.2, -0.15) is 0 Å². The number of carbonyl (C=O) groups is 2. The molecule has 274 valence electrons. The molecule has 14 heteroatoms. The van der Waals surface area contributed by atoms with E-state index in [0.29, 0.717) is 6.42 Å². The molecule has 4 rings (SSSR count). The highest BCUT2D eigenvalue weighted by Crippen LogP contribution is 2.36. The fourth-order valence-electron chi connectivity index (χ4n) is 6.53. The highest BCUT2D eigenvalue weighted by atomic mass is 16.7. The third kappa shape index (κ3) is 9.49. The minimum Gasteiger partial charge on any atom is -0.459 e. The molecule has 0 aromatic rings. The number of fused-ring (bicyclic) bond motifs is 1. The van der Waals surface area contributed by atoms with Gasteiger partial charge in [0.25, 0.3) is 0 Å². The second-order valence-corrected chi connectivity index (χ2v) is 13.5.